The maximum Gasteiger partial charge on any atom is 0.215 e. The number of fused-ring (bicyclic) bond motifs is 2. The van der Waals surface area contributed by atoms with Gasteiger partial charge in [-0.05, 0) is 44.9 Å². The predicted octanol–water partition coefficient (Wildman–Crippen LogP) is 0.0888. The monoisotopic (exact) mass is 441 g/mol. The number of ether oxygens (including phenoxy) is 1. The molecule has 9 atom stereocenters. The maximum atomic E-state index is 13.6. The van der Waals surface area contributed by atoms with Gasteiger partial charge >= 0.3 is 0 Å². The molecular formula is C20H35N5O4S. The lowest BCUT2D eigenvalue weighted by atomic mass is 9.73. The molecule has 0 aromatic carbocycles. The SMILES string of the molecule is COC(O)NC1NC2=C(S(=O)NC3CCCC3)C3CC3(C3C(C)NOC3C)CC2N1. The summed E-state index contributed by atoms with van der Waals surface area (Å²) in [5.41, 5.74) is 4.27. The summed E-state index contributed by atoms with van der Waals surface area (Å²) in [5.74, 6) is 0.665. The average Bonchev–Trinajstić information content (AvgIpc) is 3.06. The highest BCUT2D eigenvalue weighted by Gasteiger charge is 2.68. The van der Waals surface area contributed by atoms with Crippen LogP contribution in [-0.2, 0) is 20.6 Å². The Balaban J connectivity index is 1.43. The summed E-state index contributed by atoms with van der Waals surface area (Å²) in [6, 6.07) is 0.664. The second-order valence-electron chi connectivity index (χ2n) is 9.65. The molecule has 9 unspecified atom stereocenters. The molecule has 170 valence electrons. The van der Waals surface area contributed by atoms with Gasteiger partial charge in [-0.25, -0.2) is 14.2 Å². The van der Waals surface area contributed by atoms with Crippen LogP contribution in [0.15, 0.2) is 10.6 Å². The summed E-state index contributed by atoms with van der Waals surface area (Å²) in [6.07, 6.45) is 5.34. The summed E-state index contributed by atoms with van der Waals surface area (Å²) in [5, 5.41) is 19.8. The van der Waals surface area contributed by atoms with Crippen molar-refractivity contribution in [3.63, 3.8) is 0 Å². The van der Waals surface area contributed by atoms with E-state index in [0.717, 1.165) is 36.3 Å². The minimum atomic E-state index is -1.23. The zero-order valence-electron chi connectivity index (χ0n) is 17.9. The Labute approximate surface area is 180 Å². The number of nitrogens with one attached hydrogen (secondary N) is 5. The molecule has 2 saturated carbocycles. The van der Waals surface area contributed by atoms with Crippen molar-refractivity contribution in [1.82, 2.24) is 26.2 Å². The lowest BCUT2D eigenvalue weighted by molar-refractivity contribution is -0.106. The number of hydrogen-bond acceptors (Lipinski definition) is 8. The summed E-state index contributed by atoms with van der Waals surface area (Å²) >= 11 is 0. The van der Waals surface area contributed by atoms with E-state index in [9.17, 15) is 9.32 Å². The topological polar surface area (TPSA) is 116 Å². The average molecular weight is 442 g/mol. The van der Waals surface area contributed by atoms with Crippen LogP contribution in [0.4, 0.5) is 0 Å². The molecule has 0 aromatic heterocycles. The molecule has 9 nitrogen and oxygen atoms in total. The van der Waals surface area contributed by atoms with E-state index in [-0.39, 0.29) is 35.8 Å². The van der Waals surface area contributed by atoms with Gasteiger partial charge in [0.05, 0.1) is 17.1 Å². The molecule has 30 heavy (non-hydrogen) atoms. The Morgan fingerprint density at radius 1 is 1.30 bits per heavy atom. The van der Waals surface area contributed by atoms with Crippen LogP contribution in [0.2, 0.25) is 0 Å². The third kappa shape index (κ3) is 3.55. The lowest BCUT2D eigenvalue weighted by Crippen LogP contribution is -2.51. The number of aliphatic hydroxyl groups excluding tert-OH is 1. The summed E-state index contributed by atoms with van der Waals surface area (Å²) < 4.78 is 21.9. The highest BCUT2D eigenvalue weighted by atomic mass is 32.2. The molecule has 5 rings (SSSR count). The molecule has 2 saturated heterocycles. The highest BCUT2D eigenvalue weighted by Crippen LogP contribution is 2.69. The number of rotatable bonds is 7. The van der Waals surface area contributed by atoms with Crippen molar-refractivity contribution >= 4 is 11.0 Å². The standard InChI is InChI=1S/C20H35N5O4S/c1-10-15(11(2)29-24-10)20-8-13(20)17(30(27)25-12-6-4-5-7-12)16-14(9-20)21-18(22-16)23-19(26)28-3/h10-15,18-19,21-26H,4-9H2,1-3H3. The zero-order valence-corrected chi connectivity index (χ0v) is 18.8. The number of methoxy groups -OCH3 is 1. The van der Waals surface area contributed by atoms with E-state index in [4.69, 9.17) is 9.57 Å². The lowest BCUT2D eigenvalue weighted by Gasteiger charge is -2.35. The Morgan fingerprint density at radius 2 is 2.07 bits per heavy atom. The number of aliphatic hydroxyl groups is 1. The van der Waals surface area contributed by atoms with Crippen LogP contribution in [0.3, 0.4) is 0 Å². The molecule has 6 N–H and O–H groups in total. The minimum Gasteiger partial charge on any atom is -0.359 e. The minimum absolute atomic E-state index is 0.0645. The smallest absolute Gasteiger partial charge is 0.215 e. The van der Waals surface area contributed by atoms with Crippen LogP contribution >= 0.6 is 0 Å². The number of allylic oxidation sites excluding steroid dienone is 1. The molecule has 0 aromatic rings. The van der Waals surface area contributed by atoms with Crippen molar-refractivity contribution in [3.05, 3.63) is 10.6 Å². The summed E-state index contributed by atoms with van der Waals surface area (Å²) in [7, 11) is 0.221. The fourth-order valence-corrected chi connectivity index (χ4v) is 8.12. The van der Waals surface area contributed by atoms with Gasteiger partial charge in [-0.15, -0.1) is 0 Å². The van der Waals surface area contributed by atoms with Gasteiger partial charge in [-0.2, -0.15) is 5.48 Å². The van der Waals surface area contributed by atoms with Gasteiger partial charge in [-0.1, -0.05) is 12.8 Å². The molecular weight excluding hydrogens is 406 g/mol. The van der Waals surface area contributed by atoms with Gasteiger partial charge in [0.25, 0.3) is 0 Å². The normalized spacial score (nSPS) is 45.2. The van der Waals surface area contributed by atoms with Gasteiger partial charge < -0.3 is 15.2 Å². The molecule has 3 aliphatic carbocycles. The van der Waals surface area contributed by atoms with Gasteiger partial charge in [0, 0.05) is 36.7 Å². The summed E-state index contributed by atoms with van der Waals surface area (Å²) in [6.45, 7) is 4.32. The second-order valence-corrected chi connectivity index (χ2v) is 10.9. The Kier molecular flexibility index (Phi) is 5.72. The quantitative estimate of drug-likeness (QED) is 0.308. The van der Waals surface area contributed by atoms with E-state index in [1.54, 1.807) is 0 Å². The van der Waals surface area contributed by atoms with Crippen LogP contribution < -0.4 is 26.2 Å². The fraction of sp³-hybridized carbons (Fsp3) is 0.900. The first-order chi connectivity index (χ1) is 14.4. The van der Waals surface area contributed by atoms with Gasteiger partial charge in [0.2, 0.25) is 6.41 Å². The van der Waals surface area contributed by atoms with Crippen LogP contribution in [0.5, 0.6) is 0 Å². The zero-order chi connectivity index (χ0) is 21.0. The van der Waals surface area contributed by atoms with Crippen molar-refractivity contribution in [2.45, 2.75) is 89.3 Å². The Hall–Kier alpha value is -0.590. The molecule has 0 bridgehead atoms. The second kappa shape index (κ2) is 8.08. The van der Waals surface area contributed by atoms with Crippen LogP contribution in [0, 0.1) is 17.3 Å². The number of hydroxylamine groups is 1. The molecule has 0 amide bonds. The molecule has 2 heterocycles. The highest BCUT2D eigenvalue weighted by molar-refractivity contribution is 7.87. The molecule has 10 heteroatoms. The van der Waals surface area contributed by atoms with Crippen molar-refractivity contribution in [1.29, 1.82) is 0 Å². The van der Waals surface area contributed by atoms with Gasteiger partial charge in [0.15, 0.2) is 0 Å². The number of hydrogen-bond donors (Lipinski definition) is 6. The largest absolute Gasteiger partial charge is 0.359 e. The van der Waals surface area contributed by atoms with E-state index in [1.807, 2.05) is 0 Å². The van der Waals surface area contributed by atoms with E-state index >= 15 is 0 Å². The maximum absolute atomic E-state index is 13.6. The van der Waals surface area contributed by atoms with E-state index < -0.39 is 17.4 Å². The van der Waals surface area contributed by atoms with E-state index in [0.29, 0.717) is 12.0 Å². The van der Waals surface area contributed by atoms with E-state index in [2.05, 4.69) is 40.0 Å². The molecule has 2 aliphatic heterocycles. The molecule has 5 aliphatic rings. The van der Waals surface area contributed by atoms with Crippen LogP contribution in [0.25, 0.3) is 0 Å². The van der Waals surface area contributed by atoms with Crippen molar-refractivity contribution in [2.75, 3.05) is 7.11 Å². The first kappa shape index (κ1) is 21.3. The van der Waals surface area contributed by atoms with Gasteiger partial charge in [-0.3, -0.25) is 10.2 Å². The fourth-order valence-electron chi connectivity index (χ4n) is 6.48. The summed E-state index contributed by atoms with van der Waals surface area (Å²) in [4.78, 5) is 6.78. The predicted molar refractivity (Wildman–Crippen MR) is 112 cm³/mol. The Bertz CT molecular complexity index is 722. The molecule has 0 radical (unpaired) electrons. The van der Waals surface area contributed by atoms with Crippen molar-refractivity contribution in [3.8, 4) is 0 Å². The van der Waals surface area contributed by atoms with Crippen LogP contribution in [0.1, 0.15) is 52.4 Å². The van der Waals surface area contributed by atoms with Crippen LogP contribution in [-0.4, -0.2) is 53.4 Å². The first-order valence-corrected chi connectivity index (χ1v) is 12.4. The first-order valence-electron chi connectivity index (χ1n) is 11.3. The van der Waals surface area contributed by atoms with Crippen molar-refractivity contribution in [2.24, 2.45) is 17.3 Å². The third-order valence-corrected chi connectivity index (χ3v) is 9.26. The third-order valence-electron chi connectivity index (χ3n) is 7.81. The molecule has 0 spiro atoms. The van der Waals surface area contributed by atoms with Gasteiger partial charge in [0.1, 0.15) is 17.3 Å². The Morgan fingerprint density at radius 3 is 2.73 bits per heavy atom. The van der Waals surface area contributed by atoms with Crippen molar-refractivity contribution < 1.29 is 18.9 Å². The molecule has 4 fully saturated rings. The van der Waals surface area contributed by atoms with E-state index in [1.165, 1.54) is 20.0 Å².